The smallest absolute Gasteiger partial charge is 0.0233 e. The van der Waals surface area contributed by atoms with Gasteiger partial charge in [0, 0.05) is 0 Å². The summed E-state index contributed by atoms with van der Waals surface area (Å²) in [5, 5.41) is 0. The van der Waals surface area contributed by atoms with E-state index in [1.807, 2.05) is 0 Å². The summed E-state index contributed by atoms with van der Waals surface area (Å²) in [6.07, 6.45) is 8.89. The topological polar surface area (TPSA) is 0 Å². The van der Waals surface area contributed by atoms with E-state index in [1.54, 1.807) is 0 Å². The van der Waals surface area contributed by atoms with E-state index in [9.17, 15) is 0 Å². The SMILES string of the molecule is P[C@H]1CCC[C@H]1[C@@H]1CCC[C@@H]1P. The Morgan fingerprint density at radius 3 is 1.33 bits per heavy atom. The van der Waals surface area contributed by atoms with Crippen molar-refractivity contribution in [2.24, 2.45) is 11.8 Å². The van der Waals surface area contributed by atoms with Crippen LogP contribution in [0, 0.1) is 11.8 Å². The molecule has 0 spiro atoms. The number of hydrogen-bond acceptors (Lipinski definition) is 0. The summed E-state index contributed by atoms with van der Waals surface area (Å²) in [7, 11) is 6.15. The highest BCUT2D eigenvalue weighted by Gasteiger charge is 2.36. The Kier molecular flexibility index (Phi) is 3.09. The molecule has 2 unspecified atom stereocenters. The Labute approximate surface area is 80.7 Å². The molecule has 2 rings (SSSR count). The van der Waals surface area contributed by atoms with E-state index in [0.29, 0.717) is 0 Å². The lowest BCUT2D eigenvalue weighted by atomic mass is 9.89. The van der Waals surface area contributed by atoms with Gasteiger partial charge in [0.1, 0.15) is 0 Å². The highest BCUT2D eigenvalue weighted by molar-refractivity contribution is 7.18. The van der Waals surface area contributed by atoms with Gasteiger partial charge in [-0.2, -0.15) is 0 Å². The van der Waals surface area contributed by atoms with Crippen molar-refractivity contribution in [1.29, 1.82) is 0 Å². The molecule has 0 aromatic carbocycles. The lowest BCUT2D eigenvalue weighted by Crippen LogP contribution is -2.22. The fourth-order valence-electron chi connectivity index (χ4n) is 3.10. The molecule has 0 N–H and O–H groups in total. The van der Waals surface area contributed by atoms with E-state index in [2.05, 4.69) is 18.5 Å². The van der Waals surface area contributed by atoms with Crippen molar-refractivity contribution in [3.63, 3.8) is 0 Å². The lowest BCUT2D eigenvalue weighted by Gasteiger charge is -2.26. The Morgan fingerprint density at radius 1 is 0.667 bits per heavy atom. The first-order valence-electron chi connectivity index (χ1n) is 5.30. The van der Waals surface area contributed by atoms with Crippen LogP contribution in [0.15, 0.2) is 0 Å². The Bertz CT molecular complexity index is 140. The van der Waals surface area contributed by atoms with Crippen LogP contribution in [0.5, 0.6) is 0 Å². The fourth-order valence-corrected chi connectivity index (χ4v) is 4.53. The van der Waals surface area contributed by atoms with Gasteiger partial charge in [0.05, 0.1) is 0 Å². The van der Waals surface area contributed by atoms with Crippen LogP contribution in [0.4, 0.5) is 0 Å². The average molecular weight is 202 g/mol. The third-order valence-electron chi connectivity index (χ3n) is 3.80. The van der Waals surface area contributed by atoms with Crippen molar-refractivity contribution >= 4 is 18.5 Å². The molecule has 2 aliphatic carbocycles. The second-order valence-corrected chi connectivity index (χ2v) is 6.23. The third-order valence-corrected chi connectivity index (χ3v) is 5.46. The van der Waals surface area contributed by atoms with E-state index in [0.717, 1.165) is 23.2 Å². The average Bonchev–Trinajstić information content (AvgIpc) is 2.59. The molecule has 0 saturated heterocycles. The molecule has 0 aromatic rings. The van der Waals surface area contributed by atoms with Crippen LogP contribution in [0.1, 0.15) is 38.5 Å². The summed E-state index contributed by atoms with van der Waals surface area (Å²) in [5.41, 5.74) is 1.88. The van der Waals surface area contributed by atoms with Crippen molar-refractivity contribution in [2.45, 2.75) is 49.8 Å². The lowest BCUT2D eigenvalue weighted by molar-refractivity contribution is 0.360. The van der Waals surface area contributed by atoms with Gasteiger partial charge < -0.3 is 0 Å². The minimum Gasteiger partial charge on any atom is -0.134 e. The summed E-state index contributed by atoms with van der Waals surface area (Å²) >= 11 is 0. The quantitative estimate of drug-likeness (QED) is 0.573. The Hall–Kier alpha value is 0.860. The predicted octanol–water partition coefficient (Wildman–Crippen LogP) is 3.07. The maximum Gasteiger partial charge on any atom is -0.0233 e. The summed E-state index contributed by atoms with van der Waals surface area (Å²) < 4.78 is 0. The zero-order chi connectivity index (χ0) is 8.55. The van der Waals surface area contributed by atoms with Crippen molar-refractivity contribution in [1.82, 2.24) is 0 Å². The van der Waals surface area contributed by atoms with Gasteiger partial charge in [0.2, 0.25) is 0 Å². The Morgan fingerprint density at radius 2 is 1.08 bits per heavy atom. The molecule has 0 amide bonds. The summed E-state index contributed by atoms with van der Waals surface area (Å²) in [6.45, 7) is 0. The van der Waals surface area contributed by atoms with E-state index < -0.39 is 0 Å². The standard InChI is InChI=1S/C10H20P2/c11-9-5-1-3-7(9)8-4-2-6-10(8)12/h7-10H,1-6,11-12H2/t7-,8-,9-,10-/m0/s1. The normalized spacial score (nSPS) is 48.5. The molecule has 12 heavy (non-hydrogen) atoms. The van der Waals surface area contributed by atoms with Crippen LogP contribution in [0.25, 0.3) is 0 Å². The van der Waals surface area contributed by atoms with E-state index in [4.69, 9.17) is 0 Å². The van der Waals surface area contributed by atoms with Crippen molar-refractivity contribution in [2.75, 3.05) is 0 Å². The van der Waals surface area contributed by atoms with Gasteiger partial charge in [-0.15, -0.1) is 18.5 Å². The predicted molar refractivity (Wildman–Crippen MR) is 61.7 cm³/mol. The second-order valence-electron chi connectivity index (χ2n) is 4.52. The molecule has 2 saturated carbocycles. The van der Waals surface area contributed by atoms with Gasteiger partial charge in [-0.3, -0.25) is 0 Å². The summed E-state index contributed by atoms with van der Waals surface area (Å²) in [5.74, 6) is 2.08. The van der Waals surface area contributed by atoms with Crippen LogP contribution >= 0.6 is 18.5 Å². The molecule has 2 fully saturated rings. The Balaban J connectivity index is 1.98. The van der Waals surface area contributed by atoms with Crippen molar-refractivity contribution < 1.29 is 0 Å². The highest BCUT2D eigenvalue weighted by atomic mass is 31.0. The molecule has 0 aliphatic heterocycles. The minimum absolute atomic E-state index is 0.941. The maximum atomic E-state index is 3.07. The van der Waals surface area contributed by atoms with Crippen LogP contribution in [-0.4, -0.2) is 11.3 Å². The van der Waals surface area contributed by atoms with Gasteiger partial charge >= 0.3 is 0 Å². The molecular formula is C10H20P2. The fraction of sp³-hybridized carbons (Fsp3) is 1.00. The van der Waals surface area contributed by atoms with Gasteiger partial charge in [0.15, 0.2) is 0 Å². The molecule has 6 atom stereocenters. The van der Waals surface area contributed by atoms with E-state index in [-0.39, 0.29) is 0 Å². The van der Waals surface area contributed by atoms with Crippen molar-refractivity contribution in [3.05, 3.63) is 0 Å². The first-order chi connectivity index (χ1) is 5.79. The first-order valence-corrected chi connectivity index (χ1v) is 6.63. The van der Waals surface area contributed by atoms with Gasteiger partial charge in [0.25, 0.3) is 0 Å². The van der Waals surface area contributed by atoms with Crippen LogP contribution in [-0.2, 0) is 0 Å². The summed E-state index contributed by atoms with van der Waals surface area (Å²) in [4.78, 5) is 0. The molecular weight excluding hydrogens is 182 g/mol. The maximum absolute atomic E-state index is 3.07. The van der Waals surface area contributed by atoms with Gasteiger partial charge in [-0.1, -0.05) is 12.8 Å². The van der Waals surface area contributed by atoms with Crippen LogP contribution in [0.3, 0.4) is 0 Å². The molecule has 70 valence electrons. The number of rotatable bonds is 1. The molecule has 2 heteroatoms. The molecule has 0 heterocycles. The third kappa shape index (κ3) is 1.71. The van der Waals surface area contributed by atoms with Crippen LogP contribution in [0.2, 0.25) is 0 Å². The molecule has 0 nitrogen and oxygen atoms in total. The van der Waals surface area contributed by atoms with E-state index >= 15 is 0 Å². The van der Waals surface area contributed by atoms with Gasteiger partial charge in [-0.05, 0) is 48.8 Å². The first kappa shape index (κ1) is 9.42. The zero-order valence-electron chi connectivity index (χ0n) is 7.71. The number of hydrogen-bond donors (Lipinski definition) is 0. The molecule has 0 radical (unpaired) electrons. The molecule has 0 aromatic heterocycles. The molecule has 2 aliphatic rings. The van der Waals surface area contributed by atoms with E-state index in [1.165, 1.54) is 38.5 Å². The molecule has 0 bridgehead atoms. The second kappa shape index (κ2) is 3.93. The minimum atomic E-state index is 0.941. The monoisotopic (exact) mass is 202 g/mol. The zero-order valence-corrected chi connectivity index (χ0v) is 10.0. The van der Waals surface area contributed by atoms with Crippen molar-refractivity contribution in [3.8, 4) is 0 Å². The van der Waals surface area contributed by atoms with Gasteiger partial charge in [-0.25, -0.2) is 0 Å². The largest absolute Gasteiger partial charge is 0.134 e. The van der Waals surface area contributed by atoms with Crippen LogP contribution < -0.4 is 0 Å². The summed E-state index contributed by atoms with van der Waals surface area (Å²) in [6, 6.07) is 0. The highest BCUT2D eigenvalue weighted by Crippen LogP contribution is 2.45.